The van der Waals surface area contributed by atoms with Crippen LogP contribution in [0.1, 0.15) is 81.5 Å². The molecule has 1 aliphatic carbocycles. The quantitative estimate of drug-likeness (QED) is 0.459. The normalized spacial score (nSPS) is 19.1. The second-order valence-electron chi connectivity index (χ2n) is 8.90. The molecule has 7 nitrogen and oxygen atoms in total. The van der Waals surface area contributed by atoms with E-state index in [1.54, 1.807) is 13.2 Å². The Kier molecular flexibility index (Phi) is 13.4. The number of aromatic nitrogens is 2. The molecule has 2 aromatic rings. The van der Waals surface area contributed by atoms with Gasteiger partial charge in [0.15, 0.2) is 0 Å². The first-order valence-corrected chi connectivity index (χ1v) is 14.1. The standard InChI is InChI=1S/C25H33F2N5O2.2C2H6/c1-3-17-5-7-20(30-25(17)34-2)18-4-6-19(16-18)31-12-14-32(15-13-31)22-9-8-21(29-23(22)27)24(33)28-11-10-26;2*1-2/h5,7-9,18-19H,3-4,6,10-16H2,1-2H3,(H,28,33);2*1-2H3. The molecule has 1 amide bonds. The predicted octanol–water partition coefficient (Wildman–Crippen LogP) is 5.40. The Morgan fingerprint density at radius 3 is 2.37 bits per heavy atom. The molecule has 0 bridgehead atoms. The van der Waals surface area contributed by atoms with Crippen LogP contribution < -0.4 is 15.0 Å². The van der Waals surface area contributed by atoms with Crippen molar-refractivity contribution in [1.82, 2.24) is 20.2 Å². The van der Waals surface area contributed by atoms with E-state index in [1.807, 2.05) is 32.6 Å². The van der Waals surface area contributed by atoms with Crippen molar-refractivity contribution < 1.29 is 18.3 Å². The molecule has 4 rings (SSSR count). The maximum atomic E-state index is 14.6. The number of aryl methyl sites for hydroxylation is 1. The van der Waals surface area contributed by atoms with Crippen LogP contribution in [0.4, 0.5) is 14.5 Å². The van der Waals surface area contributed by atoms with E-state index in [0.29, 0.717) is 30.7 Å². The molecule has 2 fully saturated rings. The summed E-state index contributed by atoms with van der Waals surface area (Å²) in [4.78, 5) is 24.9. The summed E-state index contributed by atoms with van der Waals surface area (Å²) in [6.07, 6.45) is 4.21. The molecule has 2 aliphatic rings. The zero-order valence-corrected chi connectivity index (χ0v) is 23.9. The van der Waals surface area contributed by atoms with Crippen LogP contribution in [0.3, 0.4) is 0 Å². The Balaban J connectivity index is 0.00000121. The number of amides is 1. The number of ether oxygens (including phenoxy) is 1. The lowest BCUT2D eigenvalue weighted by atomic mass is 10.0. The van der Waals surface area contributed by atoms with Gasteiger partial charge < -0.3 is 15.0 Å². The molecule has 0 spiro atoms. The zero-order valence-electron chi connectivity index (χ0n) is 23.9. The second-order valence-corrected chi connectivity index (χ2v) is 8.90. The lowest BCUT2D eigenvalue weighted by Gasteiger charge is -2.39. The minimum Gasteiger partial charge on any atom is -0.481 e. The van der Waals surface area contributed by atoms with E-state index in [9.17, 15) is 13.6 Å². The van der Waals surface area contributed by atoms with Crippen molar-refractivity contribution in [3.05, 3.63) is 47.2 Å². The lowest BCUT2D eigenvalue weighted by molar-refractivity contribution is 0.0944. The first kappa shape index (κ1) is 31.4. The van der Waals surface area contributed by atoms with Crippen molar-refractivity contribution in [2.24, 2.45) is 0 Å². The number of carbonyl (C=O) groups is 1. The monoisotopic (exact) mass is 533 g/mol. The van der Waals surface area contributed by atoms with Crippen molar-refractivity contribution in [3.63, 3.8) is 0 Å². The SMILES string of the molecule is CC.CC.CCc1ccc(C2CCC(N3CCN(c4ccc(C(=O)NCCF)nc4F)CC3)C2)nc1OC. The number of pyridine rings is 2. The minimum atomic E-state index is -0.672. The van der Waals surface area contributed by atoms with Gasteiger partial charge in [-0.05, 0) is 43.9 Å². The molecule has 2 atom stereocenters. The van der Waals surface area contributed by atoms with Crippen molar-refractivity contribution in [2.75, 3.05) is 51.4 Å². The Labute approximate surface area is 227 Å². The third-order valence-electron chi connectivity index (χ3n) is 6.97. The molecular formula is C29H45F2N5O2. The number of carbonyl (C=O) groups excluding carboxylic acids is 1. The summed E-state index contributed by atoms with van der Waals surface area (Å²) in [5.74, 6) is -0.0721. The fourth-order valence-corrected chi connectivity index (χ4v) is 5.08. The van der Waals surface area contributed by atoms with Gasteiger partial charge >= 0.3 is 0 Å². The third-order valence-corrected chi connectivity index (χ3v) is 6.97. The summed E-state index contributed by atoms with van der Waals surface area (Å²) in [6.45, 7) is 12.4. The molecule has 9 heteroatoms. The Hall–Kier alpha value is -2.81. The van der Waals surface area contributed by atoms with E-state index in [2.05, 4.69) is 34.3 Å². The molecule has 1 saturated heterocycles. The number of rotatable bonds is 8. The van der Waals surface area contributed by atoms with Gasteiger partial charge in [0.1, 0.15) is 12.4 Å². The molecule has 2 aromatic heterocycles. The van der Waals surface area contributed by atoms with Crippen LogP contribution >= 0.6 is 0 Å². The van der Waals surface area contributed by atoms with E-state index in [-0.39, 0.29) is 12.2 Å². The van der Waals surface area contributed by atoms with Crippen LogP contribution in [-0.4, -0.2) is 73.3 Å². The fourth-order valence-electron chi connectivity index (χ4n) is 5.08. The number of alkyl halides is 1. The van der Waals surface area contributed by atoms with E-state index in [4.69, 9.17) is 9.72 Å². The molecule has 212 valence electrons. The van der Waals surface area contributed by atoms with Crippen molar-refractivity contribution in [2.45, 2.75) is 72.3 Å². The van der Waals surface area contributed by atoms with Gasteiger partial charge in [0.25, 0.3) is 5.91 Å². The minimum absolute atomic E-state index is 0.0393. The van der Waals surface area contributed by atoms with Crippen LogP contribution in [-0.2, 0) is 6.42 Å². The molecule has 1 N–H and O–H groups in total. The van der Waals surface area contributed by atoms with E-state index < -0.39 is 18.5 Å². The molecule has 0 radical (unpaired) electrons. The molecule has 2 unspecified atom stereocenters. The van der Waals surface area contributed by atoms with Gasteiger partial charge in [-0.1, -0.05) is 40.7 Å². The van der Waals surface area contributed by atoms with Crippen LogP contribution in [0.2, 0.25) is 0 Å². The highest BCUT2D eigenvalue weighted by Gasteiger charge is 2.33. The molecule has 38 heavy (non-hydrogen) atoms. The van der Waals surface area contributed by atoms with Crippen LogP contribution in [0.15, 0.2) is 24.3 Å². The largest absolute Gasteiger partial charge is 0.481 e. The van der Waals surface area contributed by atoms with Gasteiger partial charge in [0, 0.05) is 55.9 Å². The third kappa shape index (κ3) is 7.85. The van der Waals surface area contributed by atoms with Gasteiger partial charge in [-0.25, -0.2) is 14.4 Å². The highest BCUT2D eigenvalue weighted by atomic mass is 19.1. The first-order valence-electron chi connectivity index (χ1n) is 14.1. The van der Waals surface area contributed by atoms with Gasteiger partial charge in [-0.2, -0.15) is 4.39 Å². The summed E-state index contributed by atoms with van der Waals surface area (Å²) in [7, 11) is 1.68. The average Bonchev–Trinajstić information content (AvgIpc) is 3.48. The highest BCUT2D eigenvalue weighted by Crippen LogP contribution is 2.37. The summed E-state index contributed by atoms with van der Waals surface area (Å²) in [5, 5.41) is 2.36. The van der Waals surface area contributed by atoms with Gasteiger partial charge in [0.05, 0.1) is 12.8 Å². The zero-order chi connectivity index (χ0) is 28.1. The number of hydrogen-bond donors (Lipinski definition) is 1. The van der Waals surface area contributed by atoms with Crippen LogP contribution in [0.25, 0.3) is 0 Å². The van der Waals surface area contributed by atoms with E-state index in [1.165, 1.54) is 6.07 Å². The predicted molar refractivity (Wildman–Crippen MR) is 150 cm³/mol. The highest BCUT2D eigenvalue weighted by molar-refractivity contribution is 5.92. The molecule has 1 saturated carbocycles. The number of methoxy groups -OCH3 is 1. The first-order chi connectivity index (χ1) is 18.5. The average molecular weight is 534 g/mol. The summed E-state index contributed by atoms with van der Waals surface area (Å²) in [6, 6.07) is 7.85. The maximum absolute atomic E-state index is 14.6. The van der Waals surface area contributed by atoms with Crippen molar-refractivity contribution in [3.8, 4) is 5.88 Å². The Bertz CT molecular complexity index is 999. The Morgan fingerprint density at radius 1 is 1.05 bits per heavy atom. The van der Waals surface area contributed by atoms with Crippen LogP contribution in [0, 0.1) is 5.95 Å². The summed E-state index contributed by atoms with van der Waals surface area (Å²) < 4.78 is 32.4. The number of nitrogens with zero attached hydrogens (tertiary/aromatic N) is 4. The fraction of sp³-hybridized carbons (Fsp3) is 0.621. The smallest absolute Gasteiger partial charge is 0.270 e. The second kappa shape index (κ2) is 16.2. The molecule has 3 heterocycles. The summed E-state index contributed by atoms with van der Waals surface area (Å²) >= 11 is 0. The molecular weight excluding hydrogens is 488 g/mol. The van der Waals surface area contributed by atoms with Gasteiger partial charge in [-0.3, -0.25) is 9.69 Å². The topological polar surface area (TPSA) is 70.6 Å². The number of piperazine rings is 1. The van der Waals surface area contributed by atoms with E-state index in [0.717, 1.165) is 55.9 Å². The van der Waals surface area contributed by atoms with Crippen molar-refractivity contribution >= 4 is 11.6 Å². The molecule has 0 aromatic carbocycles. The number of nitrogens with one attached hydrogen (secondary N) is 1. The maximum Gasteiger partial charge on any atom is 0.270 e. The van der Waals surface area contributed by atoms with E-state index >= 15 is 0 Å². The van der Waals surface area contributed by atoms with Crippen LogP contribution in [0.5, 0.6) is 5.88 Å². The number of halogens is 2. The number of anilines is 1. The van der Waals surface area contributed by atoms with Crippen molar-refractivity contribution in [1.29, 1.82) is 0 Å². The van der Waals surface area contributed by atoms with Gasteiger partial charge in [-0.15, -0.1) is 0 Å². The summed E-state index contributed by atoms with van der Waals surface area (Å²) in [5.41, 5.74) is 2.60. The lowest BCUT2D eigenvalue weighted by Crippen LogP contribution is -2.50. The molecule has 1 aliphatic heterocycles. The van der Waals surface area contributed by atoms with Gasteiger partial charge in [0.2, 0.25) is 11.8 Å². The Morgan fingerprint density at radius 2 is 1.76 bits per heavy atom. The number of hydrogen-bond acceptors (Lipinski definition) is 6.